The minimum atomic E-state index is -0.192. The van der Waals surface area contributed by atoms with E-state index in [-0.39, 0.29) is 11.8 Å². The fourth-order valence-electron chi connectivity index (χ4n) is 3.14. The van der Waals surface area contributed by atoms with Gasteiger partial charge in [0.15, 0.2) is 0 Å². The van der Waals surface area contributed by atoms with Crippen molar-refractivity contribution in [3.8, 4) is 22.8 Å². The Bertz CT molecular complexity index is 935. The molecule has 1 amide bonds. The first-order valence-corrected chi connectivity index (χ1v) is 8.45. The third-order valence-corrected chi connectivity index (χ3v) is 4.51. The first-order chi connectivity index (χ1) is 12.8. The lowest BCUT2D eigenvalue weighted by Crippen LogP contribution is -2.29. The lowest BCUT2D eigenvalue weighted by atomic mass is 10.0. The molecule has 0 fully saturated rings. The van der Waals surface area contributed by atoms with Gasteiger partial charge in [-0.25, -0.2) is 0 Å². The Morgan fingerprint density at radius 1 is 1.27 bits per heavy atom. The number of hydrogen-bond donors (Lipinski definition) is 2. The van der Waals surface area contributed by atoms with E-state index in [1.165, 1.54) is 0 Å². The summed E-state index contributed by atoms with van der Waals surface area (Å²) in [6.07, 6.45) is 0. The number of ether oxygens (including phenoxy) is 2. The second-order valence-corrected chi connectivity index (χ2v) is 6.12. The fourth-order valence-corrected chi connectivity index (χ4v) is 3.14. The van der Waals surface area contributed by atoms with Crippen molar-refractivity contribution >= 4 is 5.91 Å². The molecule has 0 saturated carbocycles. The quantitative estimate of drug-likeness (QED) is 0.742. The molecule has 1 aliphatic heterocycles. The van der Waals surface area contributed by atoms with Crippen LogP contribution in [0.3, 0.4) is 0 Å². The summed E-state index contributed by atoms with van der Waals surface area (Å²) in [5.41, 5.74) is 3.05. The molecule has 0 bridgehead atoms. The molecular weight excluding hydrogens is 330 g/mol. The van der Waals surface area contributed by atoms with Gasteiger partial charge in [-0.05, 0) is 24.3 Å². The molecule has 0 radical (unpaired) electrons. The van der Waals surface area contributed by atoms with E-state index in [0.717, 1.165) is 16.9 Å². The van der Waals surface area contributed by atoms with Gasteiger partial charge >= 0.3 is 0 Å². The van der Waals surface area contributed by atoms with E-state index in [2.05, 4.69) is 15.5 Å². The van der Waals surface area contributed by atoms with Crippen LogP contribution in [-0.2, 0) is 0 Å². The smallest absolute Gasteiger partial charge is 0.269 e. The molecule has 0 spiro atoms. The number of hydrogen-bond acceptors (Lipinski definition) is 4. The Hall–Kier alpha value is -3.28. The number of amides is 1. The highest BCUT2D eigenvalue weighted by Crippen LogP contribution is 2.33. The van der Waals surface area contributed by atoms with Gasteiger partial charge in [0.25, 0.3) is 5.91 Å². The van der Waals surface area contributed by atoms with Crippen LogP contribution in [0.2, 0.25) is 0 Å². The van der Waals surface area contributed by atoms with E-state index in [1.807, 2.05) is 48.5 Å². The Balaban J connectivity index is 1.44. The summed E-state index contributed by atoms with van der Waals surface area (Å²) < 4.78 is 11.0. The SMILES string of the molecule is COc1ccccc1-c1cc(C(=O)NC[C@H]2COc3ccccc32)[nH]n1. The number of para-hydroxylation sites is 2. The summed E-state index contributed by atoms with van der Waals surface area (Å²) in [6.45, 7) is 1.09. The number of rotatable bonds is 5. The highest BCUT2D eigenvalue weighted by Gasteiger charge is 2.24. The van der Waals surface area contributed by atoms with Crippen molar-refractivity contribution in [1.29, 1.82) is 0 Å². The lowest BCUT2D eigenvalue weighted by Gasteiger charge is -2.09. The number of H-pyrrole nitrogens is 1. The molecule has 4 rings (SSSR count). The molecule has 6 heteroatoms. The molecular formula is C20H19N3O3. The van der Waals surface area contributed by atoms with Crippen molar-refractivity contribution in [3.05, 3.63) is 65.9 Å². The molecule has 1 aliphatic rings. The number of benzene rings is 2. The maximum Gasteiger partial charge on any atom is 0.269 e. The van der Waals surface area contributed by atoms with Gasteiger partial charge in [-0.15, -0.1) is 0 Å². The summed E-state index contributed by atoms with van der Waals surface area (Å²) in [4.78, 5) is 12.5. The number of carbonyl (C=O) groups is 1. The van der Waals surface area contributed by atoms with Gasteiger partial charge in [-0.1, -0.05) is 30.3 Å². The number of carbonyl (C=O) groups excluding carboxylic acids is 1. The van der Waals surface area contributed by atoms with Crippen LogP contribution in [0.5, 0.6) is 11.5 Å². The fraction of sp³-hybridized carbons (Fsp3) is 0.200. The van der Waals surface area contributed by atoms with Crippen molar-refractivity contribution in [2.24, 2.45) is 0 Å². The maximum absolute atomic E-state index is 12.5. The van der Waals surface area contributed by atoms with E-state index in [0.29, 0.717) is 30.3 Å². The van der Waals surface area contributed by atoms with Gasteiger partial charge < -0.3 is 14.8 Å². The molecule has 2 N–H and O–H groups in total. The monoisotopic (exact) mass is 349 g/mol. The van der Waals surface area contributed by atoms with E-state index in [1.54, 1.807) is 13.2 Å². The minimum Gasteiger partial charge on any atom is -0.496 e. The predicted molar refractivity (Wildman–Crippen MR) is 97.6 cm³/mol. The van der Waals surface area contributed by atoms with Crippen LogP contribution in [0, 0.1) is 0 Å². The number of nitrogens with zero attached hydrogens (tertiary/aromatic N) is 1. The molecule has 2 heterocycles. The normalized spacial score (nSPS) is 15.2. The predicted octanol–water partition coefficient (Wildman–Crippen LogP) is 2.99. The van der Waals surface area contributed by atoms with Crippen molar-refractivity contribution in [3.63, 3.8) is 0 Å². The first-order valence-electron chi connectivity index (χ1n) is 8.45. The number of aromatic nitrogens is 2. The largest absolute Gasteiger partial charge is 0.496 e. The van der Waals surface area contributed by atoms with Crippen LogP contribution in [0.1, 0.15) is 22.0 Å². The molecule has 1 atom stereocenters. The van der Waals surface area contributed by atoms with E-state index in [9.17, 15) is 4.79 Å². The lowest BCUT2D eigenvalue weighted by molar-refractivity contribution is 0.0945. The van der Waals surface area contributed by atoms with E-state index >= 15 is 0 Å². The van der Waals surface area contributed by atoms with Gasteiger partial charge in [0.2, 0.25) is 0 Å². The second kappa shape index (κ2) is 6.92. The number of fused-ring (bicyclic) bond motifs is 1. The van der Waals surface area contributed by atoms with Crippen molar-refractivity contribution in [1.82, 2.24) is 15.5 Å². The zero-order valence-corrected chi connectivity index (χ0v) is 14.4. The summed E-state index contributed by atoms with van der Waals surface area (Å²) in [6, 6.07) is 17.2. The zero-order valence-electron chi connectivity index (χ0n) is 14.4. The number of nitrogens with one attached hydrogen (secondary N) is 2. The molecule has 132 valence electrons. The summed E-state index contributed by atoms with van der Waals surface area (Å²) >= 11 is 0. The van der Waals surface area contributed by atoms with E-state index < -0.39 is 0 Å². The number of aromatic amines is 1. The van der Waals surface area contributed by atoms with Crippen LogP contribution in [0.15, 0.2) is 54.6 Å². The molecule has 3 aromatic rings. The summed E-state index contributed by atoms with van der Waals surface area (Å²) in [5.74, 6) is 1.58. The maximum atomic E-state index is 12.5. The van der Waals surface area contributed by atoms with Crippen LogP contribution in [-0.4, -0.2) is 36.4 Å². The third-order valence-electron chi connectivity index (χ3n) is 4.51. The third kappa shape index (κ3) is 3.01. The van der Waals surface area contributed by atoms with Crippen molar-refractivity contribution in [2.75, 3.05) is 20.3 Å². The minimum absolute atomic E-state index is 0.159. The highest BCUT2D eigenvalue weighted by molar-refractivity contribution is 5.93. The average Bonchev–Trinajstić information content (AvgIpc) is 3.33. The van der Waals surface area contributed by atoms with Crippen LogP contribution in [0.4, 0.5) is 0 Å². The molecule has 0 saturated heterocycles. The zero-order chi connectivity index (χ0) is 17.9. The Labute approximate surface area is 151 Å². The van der Waals surface area contributed by atoms with Gasteiger partial charge in [0, 0.05) is 23.6 Å². The molecule has 26 heavy (non-hydrogen) atoms. The topological polar surface area (TPSA) is 76.2 Å². The first kappa shape index (κ1) is 16.2. The molecule has 0 unspecified atom stereocenters. The summed E-state index contributed by atoms with van der Waals surface area (Å²) in [5, 5.41) is 10.00. The average molecular weight is 349 g/mol. The molecule has 0 aliphatic carbocycles. The Morgan fingerprint density at radius 2 is 2.08 bits per heavy atom. The van der Waals surface area contributed by atoms with Gasteiger partial charge in [-0.2, -0.15) is 5.10 Å². The van der Waals surface area contributed by atoms with Crippen LogP contribution >= 0.6 is 0 Å². The van der Waals surface area contributed by atoms with E-state index in [4.69, 9.17) is 9.47 Å². The number of methoxy groups -OCH3 is 1. The van der Waals surface area contributed by atoms with Crippen LogP contribution in [0.25, 0.3) is 11.3 Å². The standard InChI is InChI=1S/C20H19N3O3/c1-25-18-8-4-3-7-15(18)16-10-17(23-22-16)20(24)21-11-13-12-26-19-9-5-2-6-14(13)19/h2-10,13H,11-12H2,1H3,(H,21,24)(H,22,23)/t13-/m0/s1. The van der Waals surface area contributed by atoms with Gasteiger partial charge in [0.05, 0.1) is 19.4 Å². The molecule has 6 nitrogen and oxygen atoms in total. The van der Waals surface area contributed by atoms with Crippen molar-refractivity contribution in [2.45, 2.75) is 5.92 Å². The van der Waals surface area contributed by atoms with Gasteiger partial charge in [0.1, 0.15) is 17.2 Å². The summed E-state index contributed by atoms with van der Waals surface area (Å²) in [7, 11) is 1.61. The van der Waals surface area contributed by atoms with Crippen LogP contribution < -0.4 is 14.8 Å². The van der Waals surface area contributed by atoms with Gasteiger partial charge in [-0.3, -0.25) is 9.89 Å². The highest BCUT2D eigenvalue weighted by atomic mass is 16.5. The molecule has 2 aromatic carbocycles. The second-order valence-electron chi connectivity index (χ2n) is 6.12. The molecule has 1 aromatic heterocycles. The van der Waals surface area contributed by atoms with Crippen molar-refractivity contribution < 1.29 is 14.3 Å². The Morgan fingerprint density at radius 3 is 2.96 bits per heavy atom. The Kier molecular flexibility index (Phi) is 4.31.